The van der Waals surface area contributed by atoms with E-state index in [1.807, 2.05) is 0 Å². The topological polar surface area (TPSA) is 131 Å². The fraction of sp³-hybridized carbons (Fsp3) is 0.0526. The number of hydrogen-bond donors (Lipinski definition) is 0. The van der Waals surface area contributed by atoms with Gasteiger partial charge in [-0.1, -0.05) is 47.1 Å². The summed E-state index contributed by atoms with van der Waals surface area (Å²) in [5, 5.41) is 23.3. The summed E-state index contributed by atoms with van der Waals surface area (Å²) < 4.78 is 30.2. The Morgan fingerprint density at radius 2 is 1.42 bits per heavy atom. The van der Waals surface area contributed by atoms with Crippen LogP contribution in [-0.2, 0) is 4.57 Å². The molecule has 3 aromatic rings. The first-order chi connectivity index (χ1) is 15.5. The van der Waals surface area contributed by atoms with Gasteiger partial charge >= 0.3 is 19.2 Å². The largest absolute Gasteiger partial charge is 0.647 e. The van der Waals surface area contributed by atoms with Crippen LogP contribution < -0.4 is 13.6 Å². The lowest BCUT2D eigenvalue weighted by atomic mass is 10.2. The number of phosphoric acid groups is 1. The third-order valence-electron chi connectivity index (χ3n) is 4.23. The van der Waals surface area contributed by atoms with E-state index in [0.717, 1.165) is 29.5 Å². The summed E-state index contributed by atoms with van der Waals surface area (Å²) in [7, 11) is -4.76. The Labute approximate surface area is 200 Å². The van der Waals surface area contributed by atoms with Gasteiger partial charge in [0, 0.05) is 22.2 Å². The van der Waals surface area contributed by atoms with Gasteiger partial charge in [-0.25, -0.2) is 0 Å². The number of rotatable bonds is 4. The maximum absolute atomic E-state index is 13.7. The minimum atomic E-state index is -4.76. The predicted octanol–water partition coefficient (Wildman–Crippen LogP) is 7.23. The van der Waals surface area contributed by atoms with Gasteiger partial charge in [-0.2, -0.15) is 4.57 Å². The van der Waals surface area contributed by atoms with Crippen molar-refractivity contribution >= 4 is 54.2 Å². The third-order valence-corrected chi connectivity index (χ3v) is 6.96. The fourth-order valence-corrected chi connectivity index (χ4v) is 5.99. The van der Waals surface area contributed by atoms with Crippen molar-refractivity contribution in [2.45, 2.75) is 16.7 Å². The van der Waals surface area contributed by atoms with Gasteiger partial charge in [0.05, 0.1) is 19.6 Å². The summed E-state index contributed by atoms with van der Waals surface area (Å²) >= 11 is 12.9. The van der Waals surface area contributed by atoms with Crippen molar-refractivity contribution in [1.82, 2.24) is 0 Å². The highest BCUT2D eigenvalue weighted by Crippen LogP contribution is 2.60. The van der Waals surface area contributed by atoms with Gasteiger partial charge < -0.3 is 13.6 Å². The van der Waals surface area contributed by atoms with E-state index in [2.05, 4.69) is 0 Å². The number of hydrogen-bond acceptors (Lipinski definition) is 9. The monoisotopic (exact) mass is 528 g/mol. The van der Waals surface area contributed by atoms with Gasteiger partial charge in [0.15, 0.2) is 0 Å². The minimum Gasteiger partial charge on any atom is -0.386 e. The number of aryl methyl sites for hydroxylation is 1. The lowest BCUT2D eigenvalue weighted by Crippen LogP contribution is -2.12. The van der Waals surface area contributed by atoms with Gasteiger partial charge in [-0.3, -0.25) is 20.2 Å². The first-order valence-electron chi connectivity index (χ1n) is 8.94. The molecule has 1 heterocycles. The number of phosphoric ester groups is 1. The van der Waals surface area contributed by atoms with E-state index >= 15 is 0 Å². The molecular weight excluding hydrogens is 518 g/mol. The van der Waals surface area contributed by atoms with Crippen LogP contribution in [0.1, 0.15) is 5.56 Å². The number of nitro benzene ring substituents is 2. The van der Waals surface area contributed by atoms with E-state index in [4.69, 9.17) is 36.8 Å². The molecule has 0 N–H and O–H groups in total. The lowest BCUT2D eigenvalue weighted by Gasteiger charge is -2.24. The Bertz CT molecular complexity index is 1290. The molecule has 0 spiro atoms. The van der Waals surface area contributed by atoms with Crippen molar-refractivity contribution in [3.05, 3.63) is 84.4 Å². The molecule has 0 saturated heterocycles. The molecule has 0 atom stereocenters. The molecule has 1 aliphatic rings. The summed E-state index contributed by atoms with van der Waals surface area (Å²) in [5.74, 6) is -0.805. The number of halogens is 2. The van der Waals surface area contributed by atoms with Crippen LogP contribution >= 0.6 is 42.8 Å². The standard InChI is InChI=1S/C19H11Cl2N2O8PS/c1-10-3-2-4-13(5-10)29-32(28)30-18-14(22(24)25)6-11(20)8-16(18)33-17-9-12(21)7-15(23(26)27)19(17)31-32/h2-9H,1H3. The molecule has 0 aromatic heterocycles. The molecule has 0 radical (unpaired) electrons. The Morgan fingerprint density at radius 3 is 1.88 bits per heavy atom. The van der Waals surface area contributed by atoms with Crippen molar-refractivity contribution in [1.29, 1.82) is 0 Å². The fourth-order valence-electron chi connectivity index (χ4n) is 2.92. The van der Waals surface area contributed by atoms with E-state index in [1.54, 1.807) is 19.1 Å². The highest BCUT2D eigenvalue weighted by molar-refractivity contribution is 7.99. The molecule has 0 unspecified atom stereocenters. The Balaban J connectivity index is 1.98. The average Bonchev–Trinajstić information content (AvgIpc) is 2.70. The Hall–Kier alpha value is -2.98. The van der Waals surface area contributed by atoms with E-state index in [-0.39, 0.29) is 25.6 Å². The zero-order valence-corrected chi connectivity index (χ0v) is 19.6. The van der Waals surface area contributed by atoms with Crippen LogP contribution in [0.3, 0.4) is 0 Å². The molecule has 0 saturated carbocycles. The average molecular weight is 529 g/mol. The Morgan fingerprint density at radius 1 is 0.909 bits per heavy atom. The molecular formula is C19H11Cl2N2O8PS. The van der Waals surface area contributed by atoms with Crippen molar-refractivity contribution < 1.29 is 28.0 Å². The molecule has 10 nitrogen and oxygen atoms in total. The maximum atomic E-state index is 13.7. The molecule has 3 aromatic carbocycles. The van der Waals surface area contributed by atoms with Crippen LogP contribution in [0.5, 0.6) is 17.2 Å². The molecule has 0 amide bonds. The van der Waals surface area contributed by atoms with Crippen molar-refractivity contribution in [3.63, 3.8) is 0 Å². The molecule has 0 bridgehead atoms. The van der Waals surface area contributed by atoms with Crippen LogP contribution in [0.15, 0.2) is 58.3 Å². The van der Waals surface area contributed by atoms with E-state index in [1.165, 1.54) is 24.3 Å². The second kappa shape index (κ2) is 8.75. The SMILES string of the molecule is Cc1cccc(OP2(=O)Oc3c(cc(Cl)cc3[N+](=O)[O-])Sc3cc(Cl)cc([N+](=O)[O-])c3O2)c1. The highest BCUT2D eigenvalue weighted by atomic mass is 35.5. The van der Waals surface area contributed by atoms with Crippen LogP contribution in [0, 0.1) is 27.2 Å². The predicted molar refractivity (Wildman–Crippen MR) is 121 cm³/mol. The maximum Gasteiger partial charge on any atom is 0.647 e. The summed E-state index contributed by atoms with van der Waals surface area (Å²) in [6, 6.07) is 11.0. The second-order valence-corrected chi connectivity index (χ2v) is 10.1. The first kappa shape index (κ1) is 23.2. The molecule has 170 valence electrons. The molecule has 14 heteroatoms. The third kappa shape index (κ3) is 4.86. The van der Waals surface area contributed by atoms with Crippen molar-refractivity contribution in [2.24, 2.45) is 0 Å². The molecule has 1 aliphatic heterocycles. The lowest BCUT2D eigenvalue weighted by molar-refractivity contribution is -0.386. The quantitative estimate of drug-likeness (QED) is 0.195. The van der Waals surface area contributed by atoms with Gasteiger partial charge in [0.1, 0.15) is 5.75 Å². The molecule has 0 aliphatic carbocycles. The van der Waals surface area contributed by atoms with E-state index < -0.39 is 40.5 Å². The second-order valence-electron chi connectivity index (χ2n) is 6.66. The summed E-state index contributed by atoms with van der Waals surface area (Å²) in [6.07, 6.45) is 0. The summed E-state index contributed by atoms with van der Waals surface area (Å²) in [6.45, 7) is 1.75. The van der Waals surface area contributed by atoms with Crippen LogP contribution in [0.25, 0.3) is 0 Å². The summed E-state index contributed by atoms with van der Waals surface area (Å²) in [5.41, 5.74) is -0.443. The van der Waals surface area contributed by atoms with E-state index in [0.29, 0.717) is 0 Å². The van der Waals surface area contributed by atoms with Gasteiger partial charge in [0.25, 0.3) is 0 Å². The summed E-state index contributed by atoms with van der Waals surface area (Å²) in [4.78, 5) is 21.9. The van der Waals surface area contributed by atoms with E-state index in [9.17, 15) is 24.8 Å². The first-order valence-corrected chi connectivity index (χ1v) is 12.0. The zero-order chi connectivity index (χ0) is 23.9. The normalized spacial score (nSPS) is 13.9. The van der Waals surface area contributed by atoms with Gasteiger partial charge in [-0.05, 0) is 36.8 Å². The van der Waals surface area contributed by atoms with Crippen molar-refractivity contribution in [2.75, 3.05) is 0 Å². The number of benzene rings is 3. The van der Waals surface area contributed by atoms with Gasteiger partial charge in [0.2, 0.25) is 11.5 Å². The number of fused-ring (bicyclic) bond motifs is 2. The van der Waals surface area contributed by atoms with Crippen LogP contribution in [-0.4, -0.2) is 9.85 Å². The zero-order valence-electron chi connectivity index (χ0n) is 16.4. The molecule has 0 fully saturated rings. The van der Waals surface area contributed by atoms with Gasteiger partial charge in [-0.15, -0.1) is 0 Å². The Kier molecular flexibility index (Phi) is 6.15. The number of nitrogens with zero attached hydrogens (tertiary/aromatic N) is 2. The minimum absolute atomic E-state index is 0.00875. The molecule has 4 rings (SSSR count). The smallest absolute Gasteiger partial charge is 0.386 e. The molecule has 33 heavy (non-hydrogen) atoms. The van der Waals surface area contributed by atoms with Crippen LogP contribution in [0.4, 0.5) is 11.4 Å². The van der Waals surface area contributed by atoms with Crippen molar-refractivity contribution in [3.8, 4) is 17.2 Å². The highest BCUT2D eigenvalue weighted by Gasteiger charge is 2.42. The number of nitro groups is 2. The van der Waals surface area contributed by atoms with Crippen LogP contribution in [0.2, 0.25) is 10.0 Å².